The second kappa shape index (κ2) is 8.77. The summed E-state index contributed by atoms with van der Waals surface area (Å²) in [6, 6.07) is 4.82. The second-order valence-electron chi connectivity index (χ2n) is 9.02. The highest BCUT2D eigenvalue weighted by molar-refractivity contribution is 5.56. The number of rotatable bonds is 6. The standard InChI is InChI=1S/C23H32N6O2/c1-16-14-30-20-13-25-23(27-22(20)28(16)2)26-18-7-10-29(11-8-18)19-6-9-24-21(12-19)31-15-17-4-3-5-17/h6,9,12-13,16-18H,3-5,7-8,10-11,14-15H2,1-2H3,(H,25,26,27). The molecule has 2 fully saturated rings. The molecule has 8 nitrogen and oxygen atoms in total. The molecule has 1 saturated carbocycles. The summed E-state index contributed by atoms with van der Waals surface area (Å²) in [5.74, 6) is 3.76. The van der Waals surface area contributed by atoms with Crippen molar-refractivity contribution in [2.75, 3.05) is 48.5 Å². The van der Waals surface area contributed by atoms with E-state index in [1.165, 1.54) is 24.9 Å². The number of hydrogen-bond donors (Lipinski definition) is 1. The monoisotopic (exact) mass is 424 g/mol. The largest absolute Gasteiger partial charge is 0.486 e. The molecule has 0 amide bonds. The molecule has 2 aromatic heterocycles. The van der Waals surface area contributed by atoms with Gasteiger partial charge in [-0.3, -0.25) is 0 Å². The molecule has 1 saturated heterocycles. The predicted molar refractivity (Wildman–Crippen MR) is 121 cm³/mol. The second-order valence-corrected chi connectivity index (χ2v) is 9.02. The molecule has 31 heavy (non-hydrogen) atoms. The van der Waals surface area contributed by atoms with Crippen molar-refractivity contribution in [2.45, 2.75) is 51.1 Å². The summed E-state index contributed by atoms with van der Waals surface area (Å²) < 4.78 is 11.7. The zero-order chi connectivity index (χ0) is 21.2. The summed E-state index contributed by atoms with van der Waals surface area (Å²) in [5.41, 5.74) is 1.19. The number of piperidine rings is 1. The van der Waals surface area contributed by atoms with Crippen molar-refractivity contribution in [3.63, 3.8) is 0 Å². The number of aromatic nitrogens is 3. The molecule has 1 atom stereocenters. The molecule has 166 valence electrons. The van der Waals surface area contributed by atoms with Crippen LogP contribution in [0.25, 0.3) is 0 Å². The van der Waals surface area contributed by atoms with E-state index in [0.29, 0.717) is 30.6 Å². The Kier molecular flexibility index (Phi) is 5.70. The molecular formula is C23H32N6O2. The quantitative estimate of drug-likeness (QED) is 0.757. The maximum Gasteiger partial charge on any atom is 0.225 e. The summed E-state index contributed by atoms with van der Waals surface area (Å²) in [4.78, 5) is 18.1. The van der Waals surface area contributed by atoms with Gasteiger partial charge >= 0.3 is 0 Å². The van der Waals surface area contributed by atoms with Gasteiger partial charge in [0.25, 0.3) is 0 Å². The summed E-state index contributed by atoms with van der Waals surface area (Å²) >= 11 is 0. The van der Waals surface area contributed by atoms with Crippen LogP contribution in [0.4, 0.5) is 17.5 Å². The number of ether oxygens (including phenoxy) is 2. The third-order valence-electron chi connectivity index (χ3n) is 6.81. The van der Waals surface area contributed by atoms with Crippen LogP contribution >= 0.6 is 0 Å². The average Bonchev–Trinajstić information content (AvgIpc) is 2.76. The van der Waals surface area contributed by atoms with Crippen molar-refractivity contribution in [2.24, 2.45) is 5.92 Å². The highest BCUT2D eigenvalue weighted by atomic mass is 16.5. The van der Waals surface area contributed by atoms with Crippen molar-refractivity contribution >= 4 is 17.5 Å². The van der Waals surface area contributed by atoms with Gasteiger partial charge in [0.1, 0.15) is 6.61 Å². The van der Waals surface area contributed by atoms with Crippen LogP contribution in [0.3, 0.4) is 0 Å². The molecule has 0 aromatic carbocycles. The fraction of sp³-hybridized carbons (Fsp3) is 0.609. The zero-order valence-corrected chi connectivity index (χ0v) is 18.5. The van der Waals surface area contributed by atoms with Crippen molar-refractivity contribution in [1.29, 1.82) is 0 Å². The zero-order valence-electron chi connectivity index (χ0n) is 18.5. The van der Waals surface area contributed by atoms with Crippen molar-refractivity contribution < 1.29 is 9.47 Å². The van der Waals surface area contributed by atoms with Gasteiger partial charge in [0.05, 0.1) is 18.8 Å². The Balaban J connectivity index is 1.16. The number of pyridine rings is 1. The van der Waals surface area contributed by atoms with Crippen LogP contribution in [0, 0.1) is 5.92 Å². The summed E-state index contributed by atoms with van der Waals surface area (Å²) in [5, 5.41) is 3.53. The Bertz CT molecular complexity index is 897. The fourth-order valence-corrected chi connectivity index (χ4v) is 4.32. The van der Waals surface area contributed by atoms with E-state index < -0.39 is 0 Å². The van der Waals surface area contributed by atoms with Gasteiger partial charge in [-0.15, -0.1) is 0 Å². The highest BCUT2D eigenvalue weighted by Crippen LogP contribution is 2.32. The lowest BCUT2D eigenvalue weighted by molar-refractivity contribution is 0.175. The number of likely N-dealkylation sites (N-methyl/N-ethyl adjacent to an activating group) is 1. The van der Waals surface area contributed by atoms with Gasteiger partial charge in [-0.05, 0) is 44.6 Å². The third kappa shape index (κ3) is 4.48. The molecule has 2 aliphatic heterocycles. The van der Waals surface area contributed by atoms with E-state index in [0.717, 1.165) is 50.0 Å². The molecule has 8 heteroatoms. The predicted octanol–water partition coefficient (Wildman–Crippen LogP) is 3.35. The maximum atomic E-state index is 5.92. The maximum absolute atomic E-state index is 5.92. The lowest BCUT2D eigenvalue weighted by Crippen LogP contribution is -2.40. The molecule has 1 aliphatic carbocycles. The Morgan fingerprint density at radius 2 is 2.03 bits per heavy atom. The first-order chi connectivity index (χ1) is 15.2. The normalized spacial score (nSPS) is 21.8. The average molecular weight is 425 g/mol. The van der Waals surface area contributed by atoms with E-state index in [1.807, 2.05) is 6.20 Å². The molecule has 4 heterocycles. The summed E-state index contributed by atoms with van der Waals surface area (Å²) in [6.07, 6.45) is 9.62. The molecule has 0 bridgehead atoms. The smallest absolute Gasteiger partial charge is 0.225 e. The molecule has 0 spiro atoms. The van der Waals surface area contributed by atoms with Crippen LogP contribution in [0.5, 0.6) is 11.6 Å². The number of fused-ring (bicyclic) bond motifs is 1. The van der Waals surface area contributed by atoms with Gasteiger partial charge in [0, 0.05) is 44.1 Å². The Hall–Kier alpha value is -2.77. The van der Waals surface area contributed by atoms with E-state index >= 15 is 0 Å². The number of hydrogen-bond acceptors (Lipinski definition) is 8. The SMILES string of the molecule is CC1COc2cnc(NC3CCN(c4ccnc(OCC5CCC5)c4)CC3)nc2N1C. The van der Waals surface area contributed by atoms with E-state index in [9.17, 15) is 0 Å². The van der Waals surface area contributed by atoms with Crippen LogP contribution in [0.15, 0.2) is 24.5 Å². The van der Waals surface area contributed by atoms with Gasteiger partial charge in [0.2, 0.25) is 11.8 Å². The van der Waals surface area contributed by atoms with Gasteiger partial charge in [-0.1, -0.05) is 6.42 Å². The van der Waals surface area contributed by atoms with E-state index in [2.05, 4.69) is 51.2 Å². The van der Waals surface area contributed by atoms with Crippen LogP contribution in [0.2, 0.25) is 0 Å². The summed E-state index contributed by atoms with van der Waals surface area (Å²) in [7, 11) is 2.06. The van der Waals surface area contributed by atoms with Crippen LogP contribution in [0.1, 0.15) is 39.0 Å². The first kappa shape index (κ1) is 20.2. The highest BCUT2D eigenvalue weighted by Gasteiger charge is 2.25. The fourth-order valence-electron chi connectivity index (χ4n) is 4.32. The molecule has 0 radical (unpaired) electrons. The van der Waals surface area contributed by atoms with E-state index in [-0.39, 0.29) is 0 Å². The van der Waals surface area contributed by atoms with Crippen molar-refractivity contribution in [1.82, 2.24) is 15.0 Å². The van der Waals surface area contributed by atoms with Crippen molar-refractivity contribution in [3.8, 4) is 11.6 Å². The first-order valence-electron chi connectivity index (χ1n) is 11.5. The minimum atomic E-state index is 0.307. The van der Waals surface area contributed by atoms with Crippen LogP contribution in [-0.2, 0) is 0 Å². The third-order valence-corrected chi connectivity index (χ3v) is 6.81. The molecule has 3 aliphatic rings. The molecule has 5 rings (SSSR count). The molecule has 1 unspecified atom stereocenters. The molecule has 1 N–H and O–H groups in total. The number of nitrogens with one attached hydrogen (secondary N) is 1. The van der Waals surface area contributed by atoms with Crippen LogP contribution in [-0.4, -0.2) is 60.4 Å². The van der Waals surface area contributed by atoms with Gasteiger partial charge in [-0.25, -0.2) is 9.97 Å². The number of nitrogens with zero attached hydrogens (tertiary/aromatic N) is 5. The molecule has 2 aromatic rings. The Morgan fingerprint density at radius 1 is 1.19 bits per heavy atom. The number of anilines is 3. The van der Waals surface area contributed by atoms with E-state index in [4.69, 9.17) is 14.5 Å². The topological polar surface area (TPSA) is 75.6 Å². The Morgan fingerprint density at radius 3 is 2.81 bits per heavy atom. The first-order valence-corrected chi connectivity index (χ1v) is 11.5. The summed E-state index contributed by atoms with van der Waals surface area (Å²) in [6.45, 7) is 5.56. The van der Waals surface area contributed by atoms with Crippen molar-refractivity contribution in [3.05, 3.63) is 24.5 Å². The van der Waals surface area contributed by atoms with E-state index in [1.54, 1.807) is 6.20 Å². The lowest BCUT2D eigenvalue weighted by Gasteiger charge is -2.35. The lowest BCUT2D eigenvalue weighted by atomic mass is 9.86. The Labute approximate surface area is 184 Å². The van der Waals surface area contributed by atoms with Gasteiger partial charge in [-0.2, -0.15) is 4.98 Å². The van der Waals surface area contributed by atoms with Gasteiger partial charge in [0.15, 0.2) is 11.6 Å². The minimum Gasteiger partial charge on any atom is -0.486 e. The van der Waals surface area contributed by atoms with Gasteiger partial charge < -0.3 is 24.6 Å². The van der Waals surface area contributed by atoms with Crippen LogP contribution < -0.4 is 24.6 Å². The molecular weight excluding hydrogens is 392 g/mol. The minimum absolute atomic E-state index is 0.307.